The normalized spacial score (nSPS) is 12.7. The molecule has 0 fully saturated rings. The third-order valence-corrected chi connectivity index (χ3v) is 7.12. The van der Waals surface area contributed by atoms with Crippen LogP contribution in [0.3, 0.4) is 0 Å². The lowest BCUT2D eigenvalue weighted by Crippen LogP contribution is -2.45. The molecule has 1 aromatic heterocycles. The fourth-order valence-corrected chi connectivity index (χ4v) is 5.55. The molecule has 160 valence electrons. The number of rotatable bonds is 7. The molecular weight excluding hydrogens is 422 g/mol. The zero-order chi connectivity index (χ0) is 22.1. The Morgan fingerprint density at radius 3 is 2.40 bits per heavy atom. The lowest BCUT2D eigenvalue weighted by atomic mass is 10.1. The van der Waals surface area contributed by atoms with Crippen molar-refractivity contribution in [2.75, 3.05) is 15.9 Å². The van der Waals surface area contributed by atoms with Crippen molar-refractivity contribution in [1.82, 2.24) is 4.57 Å². The molecule has 0 aliphatic carbocycles. The summed E-state index contributed by atoms with van der Waals surface area (Å²) in [4.78, 5) is 24.9. The van der Waals surface area contributed by atoms with E-state index in [-0.39, 0.29) is 4.87 Å². The Labute approximate surface area is 180 Å². The van der Waals surface area contributed by atoms with Crippen LogP contribution in [0, 0.1) is 0 Å². The van der Waals surface area contributed by atoms with E-state index in [1.807, 2.05) is 26.0 Å². The van der Waals surface area contributed by atoms with Crippen LogP contribution in [0.1, 0.15) is 26.3 Å². The molecule has 9 heteroatoms. The van der Waals surface area contributed by atoms with Gasteiger partial charge in [-0.05, 0) is 56.2 Å². The van der Waals surface area contributed by atoms with E-state index < -0.39 is 22.0 Å². The van der Waals surface area contributed by atoms with E-state index in [4.69, 9.17) is 0 Å². The van der Waals surface area contributed by atoms with Gasteiger partial charge in [0.1, 0.15) is 6.04 Å². The maximum atomic E-state index is 12.9. The quantitative estimate of drug-likeness (QED) is 0.601. The molecule has 1 amide bonds. The number of amides is 1. The van der Waals surface area contributed by atoms with Crippen LogP contribution in [-0.4, -0.2) is 31.2 Å². The molecule has 0 aliphatic heterocycles. The van der Waals surface area contributed by atoms with Crippen molar-refractivity contribution in [1.29, 1.82) is 0 Å². The Bertz CT molecular complexity index is 1230. The van der Waals surface area contributed by atoms with Crippen LogP contribution in [0.5, 0.6) is 0 Å². The molecule has 0 radical (unpaired) electrons. The van der Waals surface area contributed by atoms with Crippen LogP contribution in [0.25, 0.3) is 10.2 Å². The number of anilines is 2. The Morgan fingerprint density at radius 2 is 1.83 bits per heavy atom. The molecule has 3 rings (SSSR count). The topological polar surface area (TPSA) is 88.5 Å². The van der Waals surface area contributed by atoms with Crippen molar-refractivity contribution < 1.29 is 13.2 Å². The third-order valence-electron chi connectivity index (χ3n) is 4.94. The Balaban J connectivity index is 1.88. The van der Waals surface area contributed by atoms with Crippen molar-refractivity contribution in [3.63, 3.8) is 0 Å². The summed E-state index contributed by atoms with van der Waals surface area (Å²) in [7, 11) is -3.68. The number of carbonyl (C=O) groups is 1. The van der Waals surface area contributed by atoms with Gasteiger partial charge in [-0.15, -0.1) is 0 Å². The number of sulfonamides is 1. The van der Waals surface area contributed by atoms with E-state index in [2.05, 4.69) is 5.32 Å². The van der Waals surface area contributed by atoms with E-state index in [1.165, 1.54) is 0 Å². The predicted octanol–water partition coefficient (Wildman–Crippen LogP) is 3.44. The van der Waals surface area contributed by atoms with Crippen LogP contribution < -0.4 is 14.5 Å². The number of fused-ring (bicyclic) bond motifs is 1. The number of aryl methyl sites for hydroxylation is 2. The molecule has 30 heavy (non-hydrogen) atoms. The third kappa shape index (κ3) is 4.41. The fourth-order valence-electron chi connectivity index (χ4n) is 3.38. The summed E-state index contributed by atoms with van der Waals surface area (Å²) in [5.74, 6) is -0.457. The highest BCUT2D eigenvalue weighted by molar-refractivity contribution is 7.92. The minimum Gasteiger partial charge on any atom is -0.324 e. The highest BCUT2D eigenvalue weighted by Crippen LogP contribution is 2.24. The molecule has 0 saturated carbocycles. The second-order valence-corrected chi connectivity index (χ2v) is 9.89. The van der Waals surface area contributed by atoms with E-state index in [1.54, 1.807) is 41.8 Å². The van der Waals surface area contributed by atoms with E-state index in [0.29, 0.717) is 17.9 Å². The van der Waals surface area contributed by atoms with Crippen molar-refractivity contribution >= 4 is 48.9 Å². The number of hydrogen-bond donors (Lipinski definition) is 1. The summed E-state index contributed by atoms with van der Waals surface area (Å²) in [5, 5.41) is 2.78. The number of aromatic nitrogens is 1. The van der Waals surface area contributed by atoms with Crippen molar-refractivity contribution in [3.05, 3.63) is 57.7 Å². The first-order chi connectivity index (χ1) is 14.2. The van der Waals surface area contributed by atoms with Gasteiger partial charge < -0.3 is 5.32 Å². The summed E-state index contributed by atoms with van der Waals surface area (Å²) in [6, 6.07) is 11.4. The second kappa shape index (κ2) is 8.61. The molecule has 1 heterocycles. The van der Waals surface area contributed by atoms with E-state index in [0.717, 1.165) is 44.1 Å². The Kier molecular flexibility index (Phi) is 6.33. The Morgan fingerprint density at radius 1 is 1.17 bits per heavy atom. The summed E-state index contributed by atoms with van der Waals surface area (Å²) < 4.78 is 28.4. The van der Waals surface area contributed by atoms with Crippen LogP contribution >= 0.6 is 11.3 Å². The van der Waals surface area contributed by atoms with Gasteiger partial charge in [0.15, 0.2) is 0 Å². The summed E-state index contributed by atoms with van der Waals surface area (Å²) in [6.45, 7) is 6.04. The summed E-state index contributed by atoms with van der Waals surface area (Å²) in [6.07, 6.45) is 1.92. The number of hydrogen-bond acceptors (Lipinski definition) is 5. The van der Waals surface area contributed by atoms with Gasteiger partial charge in [-0.1, -0.05) is 30.4 Å². The molecule has 0 spiro atoms. The molecule has 3 aromatic rings. The van der Waals surface area contributed by atoms with Crippen LogP contribution in [0.15, 0.2) is 47.3 Å². The number of benzene rings is 2. The minimum atomic E-state index is -3.68. The molecule has 7 nitrogen and oxygen atoms in total. The molecule has 1 atom stereocenters. The van der Waals surface area contributed by atoms with Gasteiger partial charge in [-0.3, -0.25) is 18.5 Å². The average Bonchev–Trinajstić information content (AvgIpc) is 3.01. The van der Waals surface area contributed by atoms with Crippen LogP contribution in [-0.2, 0) is 27.8 Å². The van der Waals surface area contributed by atoms with E-state index in [9.17, 15) is 18.0 Å². The van der Waals surface area contributed by atoms with Crippen LogP contribution in [0.2, 0.25) is 0 Å². The fraction of sp³-hybridized carbons (Fsp3) is 0.333. The largest absolute Gasteiger partial charge is 0.324 e. The van der Waals surface area contributed by atoms with Gasteiger partial charge in [0.05, 0.1) is 22.2 Å². The zero-order valence-corrected chi connectivity index (χ0v) is 19.0. The predicted molar refractivity (Wildman–Crippen MR) is 123 cm³/mol. The molecule has 0 aliphatic rings. The smallest absolute Gasteiger partial charge is 0.308 e. The SMILES string of the molecule is CCc1ccc(N([C@H](C)C(=O)Nc2ccc3c(c2)sc(=O)n3CC)S(C)(=O)=O)cc1. The number of thiazole rings is 1. The van der Waals surface area contributed by atoms with Gasteiger partial charge in [0, 0.05) is 12.2 Å². The molecular formula is C21H25N3O4S2. The minimum absolute atomic E-state index is 0.0527. The molecule has 2 aromatic carbocycles. The monoisotopic (exact) mass is 447 g/mol. The first kappa shape index (κ1) is 22.0. The van der Waals surface area contributed by atoms with Gasteiger partial charge in [-0.2, -0.15) is 0 Å². The van der Waals surface area contributed by atoms with Crippen LogP contribution in [0.4, 0.5) is 11.4 Å². The number of nitrogens with zero attached hydrogens (tertiary/aromatic N) is 2. The lowest BCUT2D eigenvalue weighted by Gasteiger charge is -2.28. The number of nitrogens with one attached hydrogen (secondary N) is 1. The lowest BCUT2D eigenvalue weighted by molar-refractivity contribution is -0.116. The molecule has 1 N–H and O–H groups in total. The molecule has 0 saturated heterocycles. The van der Waals surface area contributed by atoms with Gasteiger partial charge in [-0.25, -0.2) is 8.42 Å². The maximum Gasteiger partial charge on any atom is 0.308 e. The molecule has 0 bridgehead atoms. The van der Waals surface area contributed by atoms with Gasteiger partial charge >= 0.3 is 4.87 Å². The van der Waals surface area contributed by atoms with Crippen molar-refractivity contribution in [2.45, 2.75) is 39.8 Å². The number of carbonyl (C=O) groups excluding carboxylic acids is 1. The standard InChI is InChI=1S/C21H25N3O4S2/c1-5-15-7-10-17(11-8-15)24(30(4,27)28)14(3)20(25)22-16-9-12-18-19(13-16)29-21(26)23(18)6-2/h7-14H,5-6H2,1-4H3,(H,22,25)/t14-/m1/s1. The average molecular weight is 448 g/mol. The maximum absolute atomic E-state index is 12.9. The van der Waals surface area contributed by atoms with Gasteiger partial charge in [0.2, 0.25) is 15.9 Å². The zero-order valence-electron chi connectivity index (χ0n) is 17.4. The first-order valence-electron chi connectivity index (χ1n) is 9.68. The van der Waals surface area contributed by atoms with Gasteiger partial charge in [0.25, 0.3) is 0 Å². The second-order valence-electron chi connectivity index (χ2n) is 7.04. The van der Waals surface area contributed by atoms with E-state index >= 15 is 0 Å². The first-order valence-corrected chi connectivity index (χ1v) is 12.3. The highest BCUT2D eigenvalue weighted by atomic mass is 32.2. The Hall–Kier alpha value is -2.65. The molecule has 0 unspecified atom stereocenters. The summed E-state index contributed by atoms with van der Waals surface area (Å²) >= 11 is 1.11. The summed E-state index contributed by atoms with van der Waals surface area (Å²) in [5.41, 5.74) is 2.84. The van der Waals surface area contributed by atoms with Crippen molar-refractivity contribution in [3.8, 4) is 0 Å². The highest BCUT2D eigenvalue weighted by Gasteiger charge is 2.29. The van der Waals surface area contributed by atoms with Crippen molar-refractivity contribution in [2.24, 2.45) is 0 Å².